The van der Waals surface area contributed by atoms with Crippen LogP contribution < -0.4 is 5.32 Å². The maximum Gasteiger partial charge on any atom is 0.257 e. The molecule has 146 valence electrons. The maximum absolute atomic E-state index is 12.7. The number of hydrogen-bond acceptors (Lipinski definition) is 4. The average molecular weight is 386 g/mol. The highest BCUT2D eigenvalue weighted by Crippen LogP contribution is 2.22. The van der Waals surface area contributed by atoms with Crippen LogP contribution in [0.25, 0.3) is 11.0 Å². The molecule has 0 saturated heterocycles. The van der Waals surface area contributed by atoms with Crippen LogP contribution >= 0.6 is 0 Å². The van der Waals surface area contributed by atoms with Gasteiger partial charge in [-0.1, -0.05) is 38.1 Å². The van der Waals surface area contributed by atoms with Crippen LogP contribution in [0.4, 0.5) is 5.95 Å². The van der Waals surface area contributed by atoms with Crippen molar-refractivity contribution in [2.24, 2.45) is 4.99 Å². The fraction of sp³-hybridized carbons (Fsp3) is 0.217. The van der Waals surface area contributed by atoms with Gasteiger partial charge in [0.1, 0.15) is 5.52 Å². The molecule has 29 heavy (non-hydrogen) atoms. The van der Waals surface area contributed by atoms with E-state index < -0.39 is 0 Å². The quantitative estimate of drug-likeness (QED) is 0.593. The molecule has 0 radical (unpaired) electrons. The van der Waals surface area contributed by atoms with Crippen LogP contribution in [0.3, 0.4) is 0 Å². The smallest absolute Gasteiger partial charge is 0.257 e. The first kappa shape index (κ1) is 18.8. The van der Waals surface area contributed by atoms with Crippen LogP contribution in [0.5, 0.6) is 0 Å². The Balaban J connectivity index is 1.54. The number of para-hydroxylation sites is 1. The van der Waals surface area contributed by atoms with Crippen molar-refractivity contribution in [2.75, 3.05) is 5.32 Å². The minimum Gasteiger partial charge on any atom is -0.324 e. The molecule has 2 heterocycles. The number of H-pyrrole nitrogens is 1. The van der Waals surface area contributed by atoms with Gasteiger partial charge in [0.15, 0.2) is 5.78 Å². The fourth-order valence-corrected chi connectivity index (χ4v) is 3.31. The number of carbonyl (C=O) groups excluding carboxylic acids is 2. The number of aliphatic imine (C=N–C) groups is 1. The largest absolute Gasteiger partial charge is 0.324 e. The molecule has 1 aromatic heterocycles. The number of benzene rings is 2. The van der Waals surface area contributed by atoms with Gasteiger partial charge in [0.2, 0.25) is 5.95 Å². The van der Waals surface area contributed by atoms with Gasteiger partial charge in [-0.2, -0.15) is 0 Å². The minimum absolute atomic E-state index is 0.0355. The summed E-state index contributed by atoms with van der Waals surface area (Å²) < 4.78 is 0. The number of rotatable bonds is 6. The summed E-state index contributed by atoms with van der Waals surface area (Å²) in [6, 6.07) is 12.9. The van der Waals surface area contributed by atoms with Crippen molar-refractivity contribution in [2.45, 2.75) is 32.6 Å². The summed E-state index contributed by atoms with van der Waals surface area (Å²) in [5, 5.41) is 2.78. The maximum atomic E-state index is 12.7. The Morgan fingerprint density at radius 3 is 2.62 bits per heavy atom. The standard InChI is InChI=1S/C23H22N4O2/c1-14(2)15-8-10-16(11-9-15)22(29)27-23-25-19-7-3-6-18(21(19)26-23)20(28)13-17-5-4-12-24-17/h3-4,6-12,14H,5,13H2,1-2H3,(H2,25,26,27,29). The second-order valence-corrected chi connectivity index (χ2v) is 7.40. The lowest BCUT2D eigenvalue weighted by Crippen LogP contribution is -2.13. The molecule has 4 rings (SSSR count). The van der Waals surface area contributed by atoms with Crippen LogP contribution in [0.1, 0.15) is 58.9 Å². The third-order valence-electron chi connectivity index (χ3n) is 4.97. The average Bonchev–Trinajstić information content (AvgIpc) is 3.36. The molecule has 2 aromatic carbocycles. The van der Waals surface area contributed by atoms with Crippen molar-refractivity contribution in [1.82, 2.24) is 9.97 Å². The molecule has 0 atom stereocenters. The van der Waals surface area contributed by atoms with Gasteiger partial charge in [-0.3, -0.25) is 19.9 Å². The third-order valence-corrected chi connectivity index (χ3v) is 4.97. The first-order valence-electron chi connectivity index (χ1n) is 9.65. The van der Waals surface area contributed by atoms with E-state index in [4.69, 9.17) is 0 Å². The number of fused-ring (bicyclic) bond motifs is 1. The zero-order valence-electron chi connectivity index (χ0n) is 16.4. The van der Waals surface area contributed by atoms with E-state index >= 15 is 0 Å². The number of aromatic amines is 1. The van der Waals surface area contributed by atoms with Crippen LogP contribution in [0.2, 0.25) is 0 Å². The van der Waals surface area contributed by atoms with E-state index in [1.165, 1.54) is 5.56 Å². The predicted molar refractivity (Wildman–Crippen MR) is 115 cm³/mol. The lowest BCUT2D eigenvalue weighted by atomic mass is 10.0. The number of ketones is 1. The normalized spacial score (nSPS) is 13.1. The van der Waals surface area contributed by atoms with Gasteiger partial charge in [0, 0.05) is 35.9 Å². The van der Waals surface area contributed by atoms with Crippen molar-refractivity contribution in [3.05, 3.63) is 71.4 Å². The molecule has 2 N–H and O–H groups in total. The Morgan fingerprint density at radius 2 is 1.93 bits per heavy atom. The predicted octanol–water partition coefficient (Wildman–Crippen LogP) is 4.87. The van der Waals surface area contributed by atoms with E-state index in [-0.39, 0.29) is 18.1 Å². The summed E-state index contributed by atoms with van der Waals surface area (Å²) in [5.74, 6) is 0.438. The van der Waals surface area contributed by atoms with Crippen molar-refractivity contribution in [3.63, 3.8) is 0 Å². The highest BCUT2D eigenvalue weighted by molar-refractivity contribution is 6.15. The van der Waals surface area contributed by atoms with E-state index in [0.717, 1.165) is 5.71 Å². The number of allylic oxidation sites excluding steroid dienone is 1. The number of carbonyl (C=O) groups is 2. The molecule has 0 fully saturated rings. The Bertz CT molecular complexity index is 1140. The van der Waals surface area contributed by atoms with Gasteiger partial charge >= 0.3 is 0 Å². The number of amides is 1. The molecule has 3 aromatic rings. The Labute approximate surface area is 168 Å². The van der Waals surface area contributed by atoms with E-state index in [2.05, 4.69) is 34.1 Å². The zero-order valence-corrected chi connectivity index (χ0v) is 16.4. The second kappa shape index (κ2) is 7.83. The minimum atomic E-state index is -0.251. The van der Waals surface area contributed by atoms with E-state index in [1.807, 2.05) is 24.3 Å². The molecule has 1 aliphatic heterocycles. The summed E-state index contributed by atoms with van der Waals surface area (Å²) in [4.78, 5) is 37.0. The van der Waals surface area contributed by atoms with Crippen molar-refractivity contribution in [1.29, 1.82) is 0 Å². The molecule has 6 heteroatoms. The van der Waals surface area contributed by atoms with Gasteiger partial charge in [0.25, 0.3) is 5.91 Å². The van der Waals surface area contributed by atoms with Crippen LogP contribution in [0.15, 0.2) is 59.7 Å². The molecule has 0 bridgehead atoms. The molecule has 0 unspecified atom stereocenters. The van der Waals surface area contributed by atoms with Crippen molar-refractivity contribution < 1.29 is 9.59 Å². The van der Waals surface area contributed by atoms with Crippen LogP contribution in [-0.2, 0) is 0 Å². The fourth-order valence-electron chi connectivity index (χ4n) is 3.31. The summed E-state index contributed by atoms with van der Waals surface area (Å²) in [6.07, 6.45) is 4.63. The molecule has 0 saturated carbocycles. The van der Waals surface area contributed by atoms with Gasteiger partial charge < -0.3 is 4.98 Å². The zero-order chi connectivity index (χ0) is 20.4. The highest BCUT2D eigenvalue weighted by atomic mass is 16.1. The Morgan fingerprint density at radius 1 is 1.14 bits per heavy atom. The van der Waals surface area contributed by atoms with Gasteiger partial charge in [0.05, 0.1) is 5.52 Å². The molecular formula is C23H22N4O2. The highest BCUT2D eigenvalue weighted by Gasteiger charge is 2.17. The molecular weight excluding hydrogens is 364 g/mol. The Kier molecular flexibility index (Phi) is 5.08. The molecule has 6 nitrogen and oxygen atoms in total. The van der Waals surface area contributed by atoms with Crippen LogP contribution in [0, 0.1) is 0 Å². The summed E-state index contributed by atoms with van der Waals surface area (Å²) in [5.41, 5.74) is 4.35. The Hall–Kier alpha value is -3.54. The number of nitrogens with one attached hydrogen (secondary N) is 2. The topological polar surface area (TPSA) is 87.2 Å². The van der Waals surface area contributed by atoms with E-state index in [9.17, 15) is 9.59 Å². The number of hydrogen-bond donors (Lipinski definition) is 2. The number of anilines is 1. The van der Waals surface area contributed by atoms with Gasteiger partial charge in [-0.05, 0) is 35.7 Å². The summed E-state index contributed by atoms with van der Waals surface area (Å²) in [7, 11) is 0. The SMILES string of the molecule is CC(C)c1ccc(C(=O)Nc2nc3c(C(=O)CC4=NC=CC4)cccc3[nH]2)cc1. The first-order valence-corrected chi connectivity index (χ1v) is 9.65. The summed E-state index contributed by atoms with van der Waals surface area (Å²) in [6.45, 7) is 4.22. The first-order chi connectivity index (χ1) is 14.0. The summed E-state index contributed by atoms with van der Waals surface area (Å²) >= 11 is 0. The monoisotopic (exact) mass is 386 g/mol. The lowest BCUT2D eigenvalue weighted by molar-refractivity contribution is 0.0999. The number of imidazole rings is 1. The van der Waals surface area contributed by atoms with Crippen LogP contribution in [-0.4, -0.2) is 27.4 Å². The van der Waals surface area contributed by atoms with Gasteiger partial charge in [-0.15, -0.1) is 0 Å². The van der Waals surface area contributed by atoms with Gasteiger partial charge in [-0.25, -0.2) is 4.98 Å². The third kappa shape index (κ3) is 4.01. The number of Topliss-reactive ketones (excluding diaryl/α,β-unsaturated/α-hetero) is 1. The second-order valence-electron chi connectivity index (χ2n) is 7.40. The molecule has 0 aliphatic carbocycles. The number of nitrogens with zero attached hydrogens (tertiary/aromatic N) is 2. The lowest BCUT2D eigenvalue weighted by Gasteiger charge is -2.06. The van der Waals surface area contributed by atoms with Crippen molar-refractivity contribution in [3.8, 4) is 0 Å². The van der Waals surface area contributed by atoms with E-state index in [1.54, 1.807) is 30.5 Å². The van der Waals surface area contributed by atoms with E-state index in [0.29, 0.717) is 40.4 Å². The molecule has 1 aliphatic rings. The molecule has 1 amide bonds. The number of aromatic nitrogens is 2. The van der Waals surface area contributed by atoms with Crippen molar-refractivity contribution >= 4 is 34.4 Å². The molecule has 0 spiro atoms.